The lowest BCUT2D eigenvalue weighted by Gasteiger charge is -2.38. The van der Waals surface area contributed by atoms with Crippen LogP contribution in [0.1, 0.15) is 55.8 Å². The predicted octanol–water partition coefficient (Wildman–Crippen LogP) is 2.87. The normalized spacial score (nSPS) is 24.3. The lowest BCUT2D eigenvalue weighted by atomic mass is 9.92. The molecule has 1 aromatic carbocycles. The van der Waals surface area contributed by atoms with E-state index in [2.05, 4.69) is 6.92 Å². The molecule has 0 spiro atoms. The van der Waals surface area contributed by atoms with Crippen molar-refractivity contribution in [2.24, 2.45) is 11.7 Å². The quantitative estimate of drug-likeness (QED) is 0.797. The van der Waals surface area contributed by atoms with E-state index in [4.69, 9.17) is 5.73 Å². The van der Waals surface area contributed by atoms with Crippen LogP contribution >= 0.6 is 12.4 Å². The first-order valence-electron chi connectivity index (χ1n) is 10.0. The van der Waals surface area contributed by atoms with Gasteiger partial charge in [-0.25, -0.2) is 8.42 Å². The Morgan fingerprint density at radius 2 is 1.68 bits per heavy atom. The molecule has 0 aliphatic carbocycles. The Balaban J connectivity index is 0.00000280. The van der Waals surface area contributed by atoms with E-state index in [-0.39, 0.29) is 29.3 Å². The van der Waals surface area contributed by atoms with Gasteiger partial charge < -0.3 is 10.6 Å². The molecule has 28 heavy (non-hydrogen) atoms. The number of benzene rings is 1. The maximum absolute atomic E-state index is 12.9. The van der Waals surface area contributed by atoms with Gasteiger partial charge in [0.15, 0.2) is 0 Å². The maximum Gasteiger partial charge on any atom is 0.254 e. The molecule has 2 fully saturated rings. The van der Waals surface area contributed by atoms with E-state index in [1.54, 1.807) is 28.6 Å². The summed E-state index contributed by atoms with van der Waals surface area (Å²) in [5, 5.41) is 0. The molecule has 2 saturated heterocycles. The summed E-state index contributed by atoms with van der Waals surface area (Å²) in [7, 11) is -3.49. The van der Waals surface area contributed by atoms with Crippen molar-refractivity contribution in [3.05, 3.63) is 29.8 Å². The van der Waals surface area contributed by atoms with Gasteiger partial charge in [0.05, 0.1) is 4.90 Å². The number of nitrogens with zero attached hydrogens (tertiary/aromatic N) is 2. The molecule has 0 saturated carbocycles. The zero-order chi connectivity index (χ0) is 19.4. The van der Waals surface area contributed by atoms with Gasteiger partial charge in [-0.1, -0.05) is 19.8 Å². The third-order valence-corrected chi connectivity index (χ3v) is 7.73. The van der Waals surface area contributed by atoms with Crippen LogP contribution in [0.4, 0.5) is 0 Å². The number of hydrogen-bond donors (Lipinski definition) is 1. The summed E-state index contributed by atoms with van der Waals surface area (Å²) in [6.45, 7) is 4.50. The first-order chi connectivity index (χ1) is 12.9. The van der Waals surface area contributed by atoms with Crippen molar-refractivity contribution in [3.8, 4) is 0 Å². The number of sulfonamides is 1. The zero-order valence-corrected chi connectivity index (χ0v) is 18.2. The van der Waals surface area contributed by atoms with Gasteiger partial charge in [0.2, 0.25) is 10.0 Å². The van der Waals surface area contributed by atoms with Crippen LogP contribution in [0, 0.1) is 5.92 Å². The summed E-state index contributed by atoms with van der Waals surface area (Å²) < 4.78 is 27.3. The van der Waals surface area contributed by atoms with E-state index in [1.807, 2.05) is 4.90 Å². The third-order valence-electron chi connectivity index (χ3n) is 5.82. The average molecular weight is 430 g/mol. The molecule has 2 aliphatic rings. The Morgan fingerprint density at radius 1 is 1.07 bits per heavy atom. The molecular weight excluding hydrogens is 398 g/mol. The van der Waals surface area contributed by atoms with Gasteiger partial charge in [0.1, 0.15) is 0 Å². The molecule has 8 heteroatoms. The topological polar surface area (TPSA) is 83.7 Å². The fourth-order valence-electron chi connectivity index (χ4n) is 4.11. The highest BCUT2D eigenvalue weighted by molar-refractivity contribution is 7.89. The van der Waals surface area contributed by atoms with Crippen LogP contribution in [-0.2, 0) is 10.0 Å². The Hall–Kier alpha value is -1.15. The zero-order valence-electron chi connectivity index (χ0n) is 16.5. The van der Waals surface area contributed by atoms with Crippen LogP contribution in [0.2, 0.25) is 0 Å². The minimum Gasteiger partial charge on any atom is -0.334 e. The summed E-state index contributed by atoms with van der Waals surface area (Å²) in [4.78, 5) is 15.0. The molecule has 158 valence electrons. The maximum atomic E-state index is 12.9. The van der Waals surface area contributed by atoms with Crippen LogP contribution in [0.3, 0.4) is 0 Å². The second kappa shape index (κ2) is 10.1. The Labute approximate surface area is 174 Å². The standard InChI is InChI=1S/C20H31N3O3S.ClH/c1-16-10-13-23(18(14-16)15-21)20(24)17-6-8-19(9-7-17)27(25,26)22-11-4-2-3-5-12-22;/h6-9,16,18H,2-5,10-15,21H2,1H3;1H. The van der Waals surface area contributed by atoms with Gasteiger partial charge in [-0.2, -0.15) is 4.31 Å². The number of carbonyl (C=O) groups is 1. The van der Waals surface area contributed by atoms with E-state index in [9.17, 15) is 13.2 Å². The number of amides is 1. The second-order valence-electron chi connectivity index (χ2n) is 7.86. The van der Waals surface area contributed by atoms with Crippen molar-refractivity contribution >= 4 is 28.3 Å². The summed E-state index contributed by atoms with van der Waals surface area (Å²) in [6, 6.07) is 6.47. The highest BCUT2D eigenvalue weighted by Gasteiger charge is 2.30. The van der Waals surface area contributed by atoms with Crippen molar-refractivity contribution in [2.75, 3.05) is 26.2 Å². The molecule has 2 atom stereocenters. The first-order valence-corrected chi connectivity index (χ1v) is 11.5. The highest BCUT2D eigenvalue weighted by Crippen LogP contribution is 2.25. The number of carbonyl (C=O) groups excluding carboxylic acids is 1. The minimum atomic E-state index is -3.49. The van der Waals surface area contributed by atoms with Gasteiger partial charge in [0.25, 0.3) is 5.91 Å². The molecule has 2 heterocycles. The molecule has 2 N–H and O–H groups in total. The predicted molar refractivity (Wildman–Crippen MR) is 113 cm³/mol. The average Bonchev–Trinajstić information content (AvgIpc) is 2.97. The van der Waals surface area contributed by atoms with Gasteiger partial charge in [-0.05, 0) is 55.9 Å². The molecule has 1 aromatic rings. The highest BCUT2D eigenvalue weighted by atomic mass is 35.5. The lowest BCUT2D eigenvalue weighted by molar-refractivity contribution is 0.0573. The molecule has 3 rings (SSSR count). The number of hydrogen-bond acceptors (Lipinski definition) is 4. The Kier molecular flexibility index (Phi) is 8.30. The van der Waals surface area contributed by atoms with E-state index in [1.165, 1.54) is 0 Å². The largest absolute Gasteiger partial charge is 0.334 e. The van der Waals surface area contributed by atoms with Crippen molar-refractivity contribution in [1.82, 2.24) is 9.21 Å². The summed E-state index contributed by atoms with van der Waals surface area (Å²) in [5.41, 5.74) is 6.40. The molecule has 6 nitrogen and oxygen atoms in total. The van der Waals surface area contributed by atoms with Gasteiger partial charge >= 0.3 is 0 Å². The summed E-state index contributed by atoms with van der Waals surface area (Å²) in [5.74, 6) is 0.514. The fraction of sp³-hybridized carbons (Fsp3) is 0.650. The van der Waals surface area contributed by atoms with Crippen molar-refractivity contribution in [3.63, 3.8) is 0 Å². The summed E-state index contributed by atoms with van der Waals surface area (Å²) >= 11 is 0. The molecule has 2 aliphatic heterocycles. The Bertz CT molecular complexity index is 746. The van der Waals surface area contributed by atoms with E-state index in [0.29, 0.717) is 37.7 Å². The molecule has 1 amide bonds. The minimum absolute atomic E-state index is 0. The second-order valence-corrected chi connectivity index (χ2v) is 9.80. The number of piperidine rings is 1. The number of rotatable bonds is 4. The van der Waals surface area contributed by atoms with Crippen molar-refractivity contribution in [2.45, 2.75) is 56.4 Å². The van der Waals surface area contributed by atoms with Crippen molar-refractivity contribution < 1.29 is 13.2 Å². The van der Waals surface area contributed by atoms with Gasteiger partial charge in [-0.3, -0.25) is 4.79 Å². The molecule has 0 radical (unpaired) electrons. The van der Waals surface area contributed by atoms with Crippen LogP contribution in [-0.4, -0.2) is 55.8 Å². The van der Waals surface area contributed by atoms with Crippen LogP contribution in [0.5, 0.6) is 0 Å². The van der Waals surface area contributed by atoms with E-state index in [0.717, 1.165) is 38.5 Å². The Morgan fingerprint density at radius 3 is 2.25 bits per heavy atom. The van der Waals surface area contributed by atoms with Crippen LogP contribution in [0.15, 0.2) is 29.2 Å². The number of nitrogens with two attached hydrogens (primary N) is 1. The van der Waals surface area contributed by atoms with Crippen LogP contribution < -0.4 is 5.73 Å². The van der Waals surface area contributed by atoms with Gasteiger partial charge in [0, 0.05) is 37.8 Å². The lowest BCUT2D eigenvalue weighted by Crippen LogP contribution is -2.49. The molecule has 0 bridgehead atoms. The number of halogens is 1. The third kappa shape index (κ3) is 5.06. The molecular formula is C20H32ClN3O3S. The monoisotopic (exact) mass is 429 g/mol. The molecule has 2 unspecified atom stereocenters. The first kappa shape index (κ1) is 23.1. The number of likely N-dealkylation sites (tertiary alicyclic amines) is 1. The molecule has 0 aromatic heterocycles. The van der Waals surface area contributed by atoms with Crippen molar-refractivity contribution in [1.29, 1.82) is 0 Å². The van der Waals surface area contributed by atoms with E-state index >= 15 is 0 Å². The fourth-order valence-corrected chi connectivity index (χ4v) is 5.63. The summed E-state index contributed by atoms with van der Waals surface area (Å²) in [6.07, 6.45) is 5.87. The van der Waals surface area contributed by atoms with E-state index < -0.39 is 10.0 Å². The smallest absolute Gasteiger partial charge is 0.254 e. The van der Waals surface area contributed by atoms with Crippen LogP contribution in [0.25, 0.3) is 0 Å². The SMILES string of the molecule is CC1CCN(C(=O)c2ccc(S(=O)(=O)N3CCCCCC3)cc2)C(CN)C1.Cl. The van der Waals surface area contributed by atoms with Gasteiger partial charge in [-0.15, -0.1) is 12.4 Å².